The summed E-state index contributed by atoms with van der Waals surface area (Å²) in [4.78, 5) is 12.1. The molecule has 0 fully saturated rings. The Labute approximate surface area is 118 Å². The van der Waals surface area contributed by atoms with Crippen molar-refractivity contribution < 1.29 is 13.2 Å². The van der Waals surface area contributed by atoms with E-state index in [4.69, 9.17) is 0 Å². The van der Waals surface area contributed by atoms with Crippen LogP contribution in [0.5, 0.6) is 0 Å². The van der Waals surface area contributed by atoms with Gasteiger partial charge in [-0.1, -0.05) is 48.5 Å². The molecular weight excluding hydrogens is 274 g/mol. The molecule has 0 radical (unpaired) electrons. The molecule has 0 heterocycles. The van der Waals surface area contributed by atoms with E-state index in [1.807, 2.05) is 0 Å². The summed E-state index contributed by atoms with van der Waals surface area (Å²) in [5, 5.41) is 0. The number of hydrogen-bond acceptors (Lipinski definition) is 3. The van der Waals surface area contributed by atoms with E-state index >= 15 is 0 Å². The van der Waals surface area contributed by atoms with E-state index in [1.165, 1.54) is 6.07 Å². The average Bonchev–Trinajstić information content (AvgIpc) is 2.46. The topological polar surface area (TPSA) is 63.2 Å². The van der Waals surface area contributed by atoms with Gasteiger partial charge in [-0.15, -0.1) is 0 Å². The van der Waals surface area contributed by atoms with Gasteiger partial charge in [0.15, 0.2) is 5.78 Å². The second kappa shape index (κ2) is 5.98. The van der Waals surface area contributed by atoms with Crippen LogP contribution in [0.4, 0.5) is 0 Å². The zero-order valence-electron chi connectivity index (χ0n) is 11.0. The molecule has 0 aliphatic heterocycles. The van der Waals surface area contributed by atoms with Crippen molar-refractivity contribution in [3.8, 4) is 0 Å². The molecule has 2 aromatic rings. The summed E-state index contributed by atoms with van der Waals surface area (Å²) < 4.78 is 26.6. The molecule has 0 aliphatic rings. The number of Topliss-reactive ketones (excluding diaryl/α,β-unsaturated/α-hetero) is 1. The van der Waals surface area contributed by atoms with Gasteiger partial charge in [-0.05, 0) is 18.6 Å². The molecule has 1 N–H and O–H groups in total. The molecule has 0 aromatic heterocycles. The molecule has 4 nitrogen and oxygen atoms in total. The van der Waals surface area contributed by atoms with Gasteiger partial charge in [0.05, 0.1) is 11.4 Å². The van der Waals surface area contributed by atoms with Crippen LogP contribution in [0.2, 0.25) is 0 Å². The average molecular weight is 289 g/mol. The minimum Gasteiger partial charge on any atom is -0.293 e. The van der Waals surface area contributed by atoms with Crippen LogP contribution in [0.1, 0.15) is 15.9 Å². The SMILES string of the molecule is Cc1ccccc1S(=O)(=O)NCC(=O)c1ccccc1. The van der Waals surface area contributed by atoms with E-state index in [0.717, 1.165) is 0 Å². The largest absolute Gasteiger partial charge is 0.293 e. The minimum atomic E-state index is -3.66. The Hall–Kier alpha value is -1.98. The lowest BCUT2D eigenvalue weighted by molar-refractivity contribution is 0.0997. The summed E-state index contributed by atoms with van der Waals surface area (Å²) in [5.74, 6) is -0.261. The van der Waals surface area contributed by atoms with Crippen LogP contribution in [0.25, 0.3) is 0 Å². The molecule has 0 amide bonds. The quantitative estimate of drug-likeness (QED) is 0.858. The van der Waals surface area contributed by atoms with Crippen LogP contribution < -0.4 is 4.72 Å². The van der Waals surface area contributed by atoms with Gasteiger partial charge in [0, 0.05) is 5.56 Å². The van der Waals surface area contributed by atoms with E-state index in [1.54, 1.807) is 55.5 Å². The van der Waals surface area contributed by atoms with Crippen LogP contribution in [0, 0.1) is 6.92 Å². The van der Waals surface area contributed by atoms with Crippen molar-refractivity contribution in [1.82, 2.24) is 4.72 Å². The second-order valence-electron chi connectivity index (χ2n) is 4.38. The highest BCUT2D eigenvalue weighted by Gasteiger charge is 2.17. The van der Waals surface area contributed by atoms with Crippen molar-refractivity contribution in [3.63, 3.8) is 0 Å². The molecular formula is C15H15NO3S. The van der Waals surface area contributed by atoms with Crippen LogP contribution in [-0.4, -0.2) is 20.7 Å². The molecule has 20 heavy (non-hydrogen) atoms. The first-order chi connectivity index (χ1) is 9.50. The molecule has 0 spiro atoms. The molecule has 0 unspecified atom stereocenters. The van der Waals surface area contributed by atoms with Gasteiger partial charge >= 0.3 is 0 Å². The standard InChI is InChI=1S/C15H15NO3S/c1-12-7-5-6-10-15(12)20(18,19)16-11-14(17)13-8-3-2-4-9-13/h2-10,16H,11H2,1H3. The first kappa shape index (κ1) is 14.4. The fourth-order valence-corrected chi connectivity index (χ4v) is 3.05. The Morgan fingerprint density at radius 2 is 1.60 bits per heavy atom. The van der Waals surface area contributed by atoms with Gasteiger partial charge in [-0.2, -0.15) is 0 Å². The van der Waals surface area contributed by atoms with E-state index in [0.29, 0.717) is 11.1 Å². The van der Waals surface area contributed by atoms with Gasteiger partial charge in [-0.25, -0.2) is 13.1 Å². The lowest BCUT2D eigenvalue weighted by Gasteiger charge is -2.08. The maximum Gasteiger partial charge on any atom is 0.241 e. The fourth-order valence-electron chi connectivity index (χ4n) is 1.82. The molecule has 0 saturated carbocycles. The number of ketones is 1. The van der Waals surface area contributed by atoms with Gasteiger partial charge in [0.2, 0.25) is 10.0 Å². The number of carbonyl (C=O) groups excluding carboxylic acids is 1. The Morgan fingerprint density at radius 3 is 2.25 bits per heavy atom. The highest BCUT2D eigenvalue weighted by Crippen LogP contribution is 2.13. The number of benzene rings is 2. The third-order valence-electron chi connectivity index (χ3n) is 2.90. The lowest BCUT2D eigenvalue weighted by atomic mass is 10.1. The lowest BCUT2D eigenvalue weighted by Crippen LogP contribution is -2.30. The highest BCUT2D eigenvalue weighted by molar-refractivity contribution is 7.89. The Bertz CT molecular complexity index is 709. The van der Waals surface area contributed by atoms with Crippen LogP contribution in [-0.2, 0) is 10.0 Å². The summed E-state index contributed by atoms with van der Waals surface area (Å²) in [7, 11) is -3.66. The third-order valence-corrected chi connectivity index (χ3v) is 4.46. The van der Waals surface area contributed by atoms with E-state index in [-0.39, 0.29) is 17.2 Å². The second-order valence-corrected chi connectivity index (χ2v) is 6.11. The normalized spacial score (nSPS) is 11.2. The summed E-state index contributed by atoms with van der Waals surface area (Å²) in [6.07, 6.45) is 0. The predicted molar refractivity (Wildman–Crippen MR) is 77.1 cm³/mol. The molecule has 2 rings (SSSR count). The smallest absolute Gasteiger partial charge is 0.241 e. The number of sulfonamides is 1. The molecule has 0 saturated heterocycles. The molecule has 0 bridgehead atoms. The zero-order chi connectivity index (χ0) is 14.6. The van der Waals surface area contributed by atoms with Crippen molar-refractivity contribution >= 4 is 15.8 Å². The Balaban J connectivity index is 2.11. The Morgan fingerprint density at radius 1 is 1.00 bits per heavy atom. The summed E-state index contributed by atoms with van der Waals surface area (Å²) >= 11 is 0. The number of aryl methyl sites for hydroxylation is 1. The molecule has 0 aliphatic carbocycles. The first-order valence-corrected chi connectivity index (χ1v) is 7.62. The fraction of sp³-hybridized carbons (Fsp3) is 0.133. The first-order valence-electron chi connectivity index (χ1n) is 6.14. The number of carbonyl (C=O) groups is 1. The van der Waals surface area contributed by atoms with Gasteiger partial charge in [-0.3, -0.25) is 4.79 Å². The number of hydrogen-bond donors (Lipinski definition) is 1. The highest BCUT2D eigenvalue weighted by atomic mass is 32.2. The maximum atomic E-state index is 12.1. The summed E-state index contributed by atoms with van der Waals surface area (Å²) in [6, 6.07) is 15.2. The maximum absolute atomic E-state index is 12.1. The molecule has 2 aromatic carbocycles. The third kappa shape index (κ3) is 3.31. The molecule has 0 atom stereocenters. The summed E-state index contributed by atoms with van der Waals surface area (Å²) in [5.41, 5.74) is 1.13. The van der Waals surface area contributed by atoms with Gasteiger partial charge < -0.3 is 0 Å². The van der Waals surface area contributed by atoms with Crippen molar-refractivity contribution in [2.75, 3.05) is 6.54 Å². The molecule has 104 valence electrons. The van der Waals surface area contributed by atoms with Gasteiger partial charge in [0.1, 0.15) is 0 Å². The van der Waals surface area contributed by atoms with Gasteiger partial charge in [0.25, 0.3) is 0 Å². The van der Waals surface area contributed by atoms with Crippen molar-refractivity contribution in [2.45, 2.75) is 11.8 Å². The minimum absolute atomic E-state index is 0.195. The van der Waals surface area contributed by atoms with Crippen molar-refractivity contribution in [1.29, 1.82) is 0 Å². The van der Waals surface area contributed by atoms with Crippen LogP contribution in [0.3, 0.4) is 0 Å². The predicted octanol–water partition coefficient (Wildman–Crippen LogP) is 2.16. The monoisotopic (exact) mass is 289 g/mol. The van der Waals surface area contributed by atoms with E-state index in [9.17, 15) is 13.2 Å². The number of nitrogens with one attached hydrogen (secondary N) is 1. The van der Waals surface area contributed by atoms with Crippen molar-refractivity contribution in [3.05, 3.63) is 65.7 Å². The van der Waals surface area contributed by atoms with Crippen LogP contribution >= 0.6 is 0 Å². The molecule has 5 heteroatoms. The Kier molecular flexibility index (Phi) is 4.32. The summed E-state index contributed by atoms with van der Waals surface area (Å²) in [6.45, 7) is 1.47. The van der Waals surface area contributed by atoms with Crippen molar-refractivity contribution in [2.24, 2.45) is 0 Å². The van der Waals surface area contributed by atoms with Crippen LogP contribution in [0.15, 0.2) is 59.5 Å². The van der Waals surface area contributed by atoms with E-state index in [2.05, 4.69) is 4.72 Å². The number of rotatable bonds is 5. The van der Waals surface area contributed by atoms with E-state index < -0.39 is 10.0 Å². The zero-order valence-corrected chi connectivity index (χ0v) is 11.9.